The molecule has 6 nitrogen and oxygen atoms in total. The van der Waals surface area contributed by atoms with Crippen LogP contribution in [0.5, 0.6) is 0 Å². The first kappa shape index (κ1) is 15.9. The number of hydrogen-bond acceptors (Lipinski definition) is 6. The van der Waals surface area contributed by atoms with Gasteiger partial charge >= 0.3 is 0 Å². The minimum absolute atomic E-state index is 0.270. The molecule has 0 bridgehead atoms. The average molecular weight is 335 g/mol. The van der Waals surface area contributed by atoms with Crippen LogP contribution in [0.4, 0.5) is 0 Å². The van der Waals surface area contributed by atoms with Crippen LogP contribution in [0.1, 0.15) is 28.9 Å². The van der Waals surface area contributed by atoms with E-state index in [9.17, 15) is 0 Å². The highest BCUT2D eigenvalue weighted by molar-refractivity contribution is 5.18. The molecule has 2 aromatic heterocycles. The van der Waals surface area contributed by atoms with Crippen LogP contribution in [0.15, 0.2) is 59.4 Å². The Bertz CT molecular complexity index is 790. The summed E-state index contributed by atoms with van der Waals surface area (Å²) >= 11 is 0. The number of hydrogen-bond donors (Lipinski definition) is 1. The zero-order chi connectivity index (χ0) is 16.9. The molecule has 1 fully saturated rings. The van der Waals surface area contributed by atoms with Gasteiger partial charge in [0.1, 0.15) is 0 Å². The van der Waals surface area contributed by atoms with Crippen LogP contribution in [0, 0.1) is 0 Å². The van der Waals surface area contributed by atoms with Crippen molar-refractivity contribution in [2.75, 3.05) is 19.6 Å². The van der Waals surface area contributed by atoms with Gasteiger partial charge in [0.05, 0.1) is 6.54 Å². The van der Waals surface area contributed by atoms with Gasteiger partial charge in [-0.3, -0.25) is 9.88 Å². The summed E-state index contributed by atoms with van der Waals surface area (Å²) in [6.45, 7) is 3.46. The second-order valence-corrected chi connectivity index (χ2v) is 6.24. The van der Waals surface area contributed by atoms with Crippen molar-refractivity contribution in [1.82, 2.24) is 25.3 Å². The SMILES string of the molecule is c1ccc(Cc2noc(CN3CCNCC3c3cccnc3)n2)cc1. The van der Waals surface area contributed by atoms with E-state index < -0.39 is 0 Å². The number of nitrogens with zero attached hydrogens (tertiary/aromatic N) is 4. The molecule has 1 aliphatic heterocycles. The van der Waals surface area contributed by atoms with Gasteiger partial charge in [-0.05, 0) is 17.2 Å². The summed E-state index contributed by atoms with van der Waals surface area (Å²) in [6, 6.07) is 14.6. The van der Waals surface area contributed by atoms with E-state index in [0.717, 1.165) is 25.5 Å². The van der Waals surface area contributed by atoms with Crippen LogP contribution < -0.4 is 5.32 Å². The molecule has 1 N–H and O–H groups in total. The molecule has 1 aromatic carbocycles. The second-order valence-electron chi connectivity index (χ2n) is 6.24. The van der Waals surface area contributed by atoms with Gasteiger partial charge in [-0.25, -0.2) is 0 Å². The van der Waals surface area contributed by atoms with Gasteiger partial charge in [0.15, 0.2) is 5.82 Å². The van der Waals surface area contributed by atoms with E-state index >= 15 is 0 Å². The second kappa shape index (κ2) is 7.55. The average Bonchev–Trinajstić information content (AvgIpc) is 3.10. The van der Waals surface area contributed by atoms with Gasteiger partial charge in [-0.15, -0.1) is 0 Å². The van der Waals surface area contributed by atoms with Crippen LogP contribution in [-0.4, -0.2) is 39.7 Å². The molecule has 3 heterocycles. The lowest BCUT2D eigenvalue weighted by Crippen LogP contribution is -2.45. The predicted octanol–water partition coefficient (Wildman–Crippen LogP) is 2.20. The molecule has 4 rings (SSSR count). The van der Waals surface area contributed by atoms with Crippen molar-refractivity contribution >= 4 is 0 Å². The van der Waals surface area contributed by atoms with Crippen LogP contribution in [0.2, 0.25) is 0 Å². The molecule has 25 heavy (non-hydrogen) atoms. The van der Waals surface area contributed by atoms with E-state index in [1.54, 1.807) is 6.20 Å². The van der Waals surface area contributed by atoms with E-state index in [1.807, 2.05) is 30.5 Å². The minimum Gasteiger partial charge on any atom is -0.338 e. The number of pyridine rings is 1. The van der Waals surface area contributed by atoms with E-state index in [4.69, 9.17) is 4.52 Å². The monoisotopic (exact) mass is 335 g/mol. The molecule has 1 unspecified atom stereocenters. The van der Waals surface area contributed by atoms with E-state index in [-0.39, 0.29) is 6.04 Å². The predicted molar refractivity (Wildman–Crippen MR) is 93.8 cm³/mol. The third kappa shape index (κ3) is 3.92. The third-order valence-electron chi connectivity index (χ3n) is 4.48. The lowest BCUT2D eigenvalue weighted by molar-refractivity contribution is 0.135. The molecule has 6 heteroatoms. The first-order chi connectivity index (χ1) is 12.4. The smallest absolute Gasteiger partial charge is 0.240 e. The fourth-order valence-electron chi connectivity index (χ4n) is 3.22. The summed E-state index contributed by atoms with van der Waals surface area (Å²) in [5.74, 6) is 1.40. The number of aromatic nitrogens is 3. The Labute approximate surface area is 146 Å². The minimum atomic E-state index is 0.270. The maximum Gasteiger partial charge on any atom is 0.240 e. The summed E-state index contributed by atoms with van der Waals surface area (Å²) in [4.78, 5) is 11.2. The Balaban J connectivity index is 1.45. The Morgan fingerprint density at radius 2 is 2.08 bits per heavy atom. The van der Waals surface area contributed by atoms with Gasteiger partial charge in [0.25, 0.3) is 0 Å². The molecule has 1 atom stereocenters. The van der Waals surface area contributed by atoms with Crippen molar-refractivity contribution < 1.29 is 4.52 Å². The highest BCUT2D eigenvalue weighted by atomic mass is 16.5. The molecule has 3 aromatic rings. The molecule has 1 saturated heterocycles. The van der Waals surface area contributed by atoms with Gasteiger partial charge in [-0.1, -0.05) is 41.6 Å². The lowest BCUT2D eigenvalue weighted by atomic mass is 10.1. The first-order valence-corrected chi connectivity index (χ1v) is 8.58. The van der Waals surface area contributed by atoms with Crippen molar-refractivity contribution in [1.29, 1.82) is 0 Å². The number of benzene rings is 1. The summed E-state index contributed by atoms with van der Waals surface area (Å²) in [6.07, 6.45) is 4.43. The van der Waals surface area contributed by atoms with Gasteiger partial charge in [-0.2, -0.15) is 4.98 Å². The fourth-order valence-corrected chi connectivity index (χ4v) is 3.22. The number of rotatable bonds is 5. The van der Waals surface area contributed by atoms with E-state index in [0.29, 0.717) is 18.9 Å². The van der Waals surface area contributed by atoms with Crippen molar-refractivity contribution in [3.05, 3.63) is 77.7 Å². The molecular formula is C19H21N5O. The molecular weight excluding hydrogens is 314 g/mol. The molecule has 1 aliphatic rings. The molecule has 0 aliphatic carbocycles. The summed E-state index contributed by atoms with van der Waals surface area (Å²) in [5, 5.41) is 7.58. The van der Waals surface area contributed by atoms with Crippen LogP contribution >= 0.6 is 0 Å². The highest BCUT2D eigenvalue weighted by Gasteiger charge is 2.25. The molecule has 0 spiro atoms. The van der Waals surface area contributed by atoms with E-state index in [2.05, 4.69) is 43.5 Å². The molecule has 0 saturated carbocycles. The largest absolute Gasteiger partial charge is 0.338 e. The number of nitrogens with one attached hydrogen (secondary N) is 1. The third-order valence-corrected chi connectivity index (χ3v) is 4.48. The van der Waals surface area contributed by atoms with Gasteiger partial charge < -0.3 is 9.84 Å². The van der Waals surface area contributed by atoms with Crippen molar-refractivity contribution in [3.8, 4) is 0 Å². The topological polar surface area (TPSA) is 67.1 Å². The maximum absolute atomic E-state index is 5.48. The molecule has 0 radical (unpaired) electrons. The standard InChI is InChI=1S/C19H21N5O/c1-2-5-15(6-3-1)11-18-22-19(25-23-18)14-24-10-9-21-13-17(24)16-7-4-8-20-12-16/h1-8,12,17,21H,9-11,13-14H2. The number of piperazine rings is 1. The van der Waals surface area contributed by atoms with Crippen molar-refractivity contribution in [3.63, 3.8) is 0 Å². The summed E-state index contributed by atoms with van der Waals surface area (Å²) < 4.78 is 5.48. The normalized spacial score (nSPS) is 18.3. The molecule has 128 valence electrons. The Morgan fingerprint density at radius 1 is 1.16 bits per heavy atom. The lowest BCUT2D eigenvalue weighted by Gasteiger charge is -2.35. The maximum atomic E-state index is 5.48. The Kier molecular flexibility index (Phi) is 4.81. The van der Waals surface area contributed by atoms with Crippen LogP contribution in [0.3, 0.4) is 0 Å². The van der Waals surface area contributed by atoms with Gasteiger partial charge in [0, 0.05) is 44.5 Å². The van der Waals surface area contributed by atoms with Gasteiger partial charge in [0.2, 0.25) is 5.89 Å². The zero-order valence-electron chi connectivity index (χ0n) is 14.0. The van der Waals surface area contributed by atoms with Crippen molar-refractivity contribution in [2.24, 2.45) is 0 Å². The fraction of sp³-hybridized carbons (Fsp3) is 0.316. The first-order valence-electron chi connectivity index (χ1n) is 8.58. The van der Waals surface area contributed by atoms with Crippen LogP contribution in [0.25, 0.3) is 0 Å². The Hall–Kier alpha value is -2.57. The highest BCUT2D eigenvalue weighted by Crippen LogP contribution is 2.23. The quantitative estimate of drug-likeness (QED) is 0.771. The van der Waals surface area contributed by atoms with E-state index in [1.165, 1.54) is 11.1 Å². The zero-order valence-corrected chi connectivity index (χ0v) is 14.0. The van der Waals surface area contributed by atoms with Crippen LogP contribution in [-0.2, 0) is 13.0 Å². The summed E-state index contributed by atoms with van der Waals surface area (Å²) in [7, 11) is 0. The Morgan fingerprint density at radius 3 is 2.92 bits per heavy atom. The summed E-state index contributed by atoms with van der Waals surface area (Å²) in [5.41, 5.74) is 2.39. The van der Waals surface area contributed by atoms with Crippen molar-refractivity contribution in [2.45, 2.75) is 19.0 Å². The molecule has 0 amide bonds.